The minimum atomic E-state index is -0.444. The van der Waals surface area contributed by atoms with Crippen LogP contribution in [0.25, 0.3) is 11.0 Å². The fourth-order valence-corrected chi connectivity index (χ4v) is 2.66. The molecule has 3 aromatic rings. The van der Waals surface area contributed by atoms with Crippen LogP contribution in [0.15, 0.2) is 45.6 Å². The molecule has 5 nitrogen and oxygen atoms in total. The molecule has 0 aliphatic heterocycles. The molecule has 2 aromatic carbocycles. The molecule has 0 atom stereocenters. The number of carbonyl (C=O) groups is 1. The van der Waals surface area contributed by atoms with E-state index in [9.17, 15) is 9.59 Å². The summed E-state index contributed by atoms with van der Waals surface area (Å²) >= 11 is 6.09. The van der Waals surface area contributed by atoms with Gasteiger partial charge in [-0.2, -0.15) is 0 Å². The van der Waals surface area contributed by atoms with Crippen LogP contribution in [0.2, 0.25) is 5.02 Å². The van der Waals surface area contributed by atoms with E-state index in [-0.39, 0.29) is 11.2 Å². The number of esters is 1. The van der Waals surface area contributed by atoms with Crippen molar-refractivity contribution in [3.63, 3.8) is 0 Å². The van der Waals surface area contributed by atoms with E-state index in [1.54, 1.807) is 50.2 Å². The third kappa shape index (κ3) is 3.23. The summed E-state index contributed by atoms with van der Waals surface area (Å²) in [5.74, 6) is 0.649. The normalized spacial score (nSPS) is 10.7. The molecular formula is C19H15ClO5. The van der Waals surface area contributed by atoms with Gasteiger partial charge in [-0.15, -0.1) is 0 Å². The number of halogens is 1. The van der Waals surface area contributed by atoms with Crippen molar-refractivity contribution in [3.05, 3.63) is 63.0 Å². The topological polar surface area (TPSA) is 65.7 Å². The second-order valence-electron chi connectivity index (χ2n) is 5.51. The van der Waals surface area contributed by atoms with Gasteiger partial charge in [0.25, 0.3) is 0 Å². The number of benzene rings is 2. The number of hydrogen-bond acceptors (Lipinski definition) is 5. The van der Waals surface area contributed by atoms with Gasteiger partial charge in [-0.3, -0.25) is 9.59 Å². The molecular weight excluding hydrogens is 344 g/mol. The van der Waals surface area contributed by atoms with Crippen molar-refractivity contribution in [1.82, 2.24) is 0 Å². The number of rotatable bonds is 3. The Bertz CT molecular complexity index is 1040. The van der Waals surface area contributed by atoms with Gasteiger partial charge in [0.2, 0.25) is 11.2 Å². The van der Waals surface area contributed by atoms with E-state index in [4.69, 9.17) is 25.5 Å². The van der Waals surface area contributed by atoms with Crippen molar-refractivity contribution in [1.29, 1.82) is 0 Å². The predicted molar refractivity (Wildman–Crippen MR) is 94.8 cm³/mol. The van der Waals surface area contributed by atoms with Gasteiger partial charge in [0.1, 0.15) is 22.8 Å². The quantitative estimate of drug-likeness (QED) is 0.498. The van der Waals surface area contributed by atoms with E-state index in [2.05, 4.69) is 0 Å². The highest BCUT2D eigenvalue weighted by Gasteiger charge is 2.18. The summed E-state index contributed by atoms with van der Waals surface area (Å²) < 4.78 is 16.6. The van der Waals surface area contributed by atoms with Crippen LogP contribution in [0.1, 0.15) is 18.2 Å². The minimum absolute atomic E-state index is 0.0697. The molecule has 0 aliphatic rings. The largest absolute Gasteiger partial charge is 0.457 e. The van der Waals surface area contributed by atoms with Crippen LogP contribution in [0, 0.1) is 13.8 Å². The molecule has 1 heterocycles. The Morgan fingerprint density at radius 2 is 1.80 bits per heavy atom. The van der Waals surface area contributed by atoms with Crippen LogP contribution in [-0.4, -0.2) is 5.97 Å². The van der Waals surface area contributed by atoms with Gasteiger partial charge in [-0.1, -0.05) is 23.7 Å². The minimum Gasteiger partial charge on any atom is -0.457 e. The fourth-order valence-electron chi connectivity index (χ4n) is 2.49. The van der Waals surface area contributed by atoms with Crippen molar-refractivity contribution in [3.8, 4) is 17.2 Å². The first-order valence-electron chi connectivity index (χ1n) is 7.56. The Morgan fingerprint density at radius 3 is 2.48 bits per heavy atom. The predicted octanol–water partition coefficient (Wildman–Crippen LogP) is 4.78. The zero-order valence-electron chi connectivity index (χ0n) is 13.9. The Labute approximate surface area is 148 Å². The smallest absolute Gasteiger partial charge is 0.308 e. The van der Waals surface area contributed by atoms with E-state index in [0.29, 0.717) is 38.8 Å². The van der Waals surface area contributed by atoms with Crippen LogP contribution >= 0.6 is 11.6 Å². The van der Waals surface area contributed by atoms with Gasteiger partial charge >= 0.3 is 5.97 Å². The summed E-state index contributed by atoms with van der Waals surface area (Å²) in [6, 6.07) is 9.97. The third-order valence-electron chi connectivity index (χ3n) is 3.68. The number of hydrogen-bond donors (Lipinski definition) is 0. The summed E-state index contributed by atoms with van der Waals surface area (Å²) in [7, 11) is 0. The Balaban J connectivity index is 2.15. The zero-order chi connectivity index (χ0) is 18.1. The second kappa shape index (κ2) is 6.61. The van der Waals surface area contributed by atoms with Crippen molar-refractivity contribution < 1.29 is 18.7 Å². The zero-order valence-corrected chi connectivity index (χ0v) is 14.6. The molecule has 0 aliphatic carbocycles. The first kappa shape index (κ1) is 17.0. The maximum Gasteiger partial charge on any atom is 0.308 e. The molecule has 0 saturated heterocycles. The lowest BCUT2D eigenvalue weighted by molar-refractivity contribution is -0.131. The molecule has 1 aromatic heterocycles. The SMILES string of the molecule is CC(=O)Oc1ccc2c(=O)c(Oc3ccccc3Cl)c(C)oc2c1C. The van der Waals surface area contributed by atoms with Crippen LogP contribution in [-0.2, 0) is 4.79 Å². The highest BCUT2D eigenvalue weighted by atomic mass is 35.5. The van der Waals surface area contributed by atoms with Gasteiger partial charge in [-0.05, 0) is 38.1 Å². The average Bonchev–Trinajstić information content (AvgIpc) is 2.56. The molecule has 25 heavy (non-hydrogen) atoms. The summed E-state index contributed by atoms with van der Waals surface area (Å²) in [4.78, 5) is 24.0. The number of carbonyl (C=O) groups excluding carboxylic acids is 1. The molecule has 0 fully saturated rings. The standard InChI is InChI=1S/C19H15ClO5/c1-10-15(24-12(3)21)9-8-13-17(22)19(11(2)23-18(10)13)25-16-7-5-4-6-14(16)20/h4-9H,1-3H3. The first-order chi connectivity index (χ1) is 11.9. The fraction of sp³-hybridized carbons (Fsp3) is 0.158. The highest BCUT2D eigenvalue weighted by Crippen LogP contribution is 2.33. The van der Waals surface area contributed by atoms with Crippen LogP contribution in [0.3, 0.4) is 0 Å². The van der Waals surface area contributed by atoms with Crippen molar-refractivity contribution >= 4 is 28.5 Å². The Morgan fingerprint density at radius 1 is 1.08 bits per heavy atom. The lowest BCUT2D eigenvalue weighted by Crippen LogP contribution is -2.09. The molecule has 128 valence electrons. The number of aryl methyl sites for hydroxylation is 2. The summed E-state index contributed by atoms with van der Waals surface area (Å²) in [5, 5.41) is 0.726. The number of fused-ring (bicyclic) bond motifs is 1. The van der Waals surface area contributed by atoms with E-state index in [1.165, 1.54) is 6.92 Å². The van der Waals surface area contributed by atoms with E-state index < -0.39 is 5.97 Å². The lowest BCUT2D eigenvalue weighted by atomic mass is 10.1. The van der Waals surface area contributed by atoms with E-state index >= 15 is 0 Å². The molecule has 0 radical (unpaired) electrons. The van der Waals surface area contributed by atoms with Gasteiger partial charge in [0.05, 0.1) is 10.4 Å². The molecule has 0 saturated carbocycles. The molecule has 6 heteroatoms. The second-order valence-corrected chi connectivity index (χ2v) is 5.92. The first-order valence-corrected chi connectivity index (χ1v) is 7.94. The average molecular weight is 359 g/mol. The summed E-state index contributed by atoms with van der Waals surface area (Å²) in [6.07, 6.45) is 0. The maximum absolute atomic E-state index is 12.8. The van der Waals surface area contributed by atoms with E-state index in [1.807, 2.05) is 0 Å². The monoisotopic (exact) mass is 358 g/mol. The van der Waals surface area contributed by atoms with Crippen molar-refractivity contribution in [2.45, 2.75) is 20.8 Å². The van der Waals surface area contributed by atoms with E-state index in [0.717, 1.165) is 0 Å². The van der Waals surface area contributed by atoms with Crippen molar-refractivity contribution in [2.24, 2.45) is 0 Å². The molecule has 3 rings (SSSR count). The summed E-state index contributed by atoms with van der Waals surface area (Å²) in [5.41, 5.74) is 0.598. The Kier molecular flexibility index (Phi) is 4.51. The lowest BCUT2D eigenvalue weighted by Gasteiger charge is -2.12. The van der Waals surface area contributed by atoms with Crippen molar-refractivity contribution in [2.75, 3.05) is 0 Å². The van der Waals surface area contributed by atoms with Crippen LogP contribution in [0.4, 0.5) is 0 Å². The number of para-hydroxylation sites is 1. The molecule has 0 unspecified atom stereocenters. The Hall–Kier alpha value is -2.79. The van der Waals surface area contributed by atoms with Gasteiger partial charge < -0.3 is 13.9 Å². The molecule has 0 bridgehead atoms. The van der Waals surface area contributed by atoms with Crippen LogP contribution in [0.5, 0.6) is 17.2 Å². The molecule has 0 N–H and O–H groups in total. The van der Waals surface area contributed by atoms with Gasteiger partial charge in [0.15, 0.2) is 0 Å². The third-order valence-corrected chi connectivity index (χ3v) is 4.00. The van der Waals surface area contributed by atoms with Gasteiger partial charge in [0, 0.05) is 12.5 Å². The maximum atomic E-state index is 12.8. The highest BCUT2D eigenvalue weighted by molar-refractivity contribution is 6.32. The molecule has 0 spiro atoms. The van der Waals surface area contributed by atoms with Crippen LogP contribution < -0.4 is 14.9 Å². The summed E-state index contributed by atoms with van der Waals surface area (Å²) in [6.45, 7) is 4.66. The number of ether oxygens (including phenoxy) is 2. The molecule has 0 amide bonds. The van der Waals surface area contributed by atoms with Gasteiger partial charge in [-0.25, -0.2) is 0 Å².